The molecule has 2 atom stereocenters. The maximum atomic E-state index is 12.1. The normalized spacial score (nSPS) is 21.5. The molecular weight excluding hydrogens is 377 g/mol. The monoisotopic (exact) mass is 405 g/mol. The molecule has 6 nitrogen and oxygen atoms in total. The van der Waals surface area contributed by atoms with Crippen molar-refractivity contribution in [2.24, 2.45) is 5.92 Å². The molecule has 2 saturated heterocycles. The van der Waals surface area contributed by atoms with Crippen molar-refractivity contribution >= 4 is 36.4 Å². The summed E-state index contributed by atoms with van der Waals surface area (Å²) in [7, 11) is 3.33. The molecule has 2 aliphatic rings. The van der Waals surface area contributed by atoms with Crippen LogP contribution >= 0.6 is 24.8 Å². The average Bonchev–Trinajstić information content (AvgIpc) is 3.30. The topological polar surface area (TPSA) is 62.8 Å². The Morgan fingerprint density at radius 2 is 1.88 bits per heavy atom. The molecule has 2 fully saturated rings. The highest BCUT2D eigenvalue weighted by Crippen LogP contribution is 2.31. The van der Waals surface area contributed by atoms with Gasteiger partial charge in [0.25, 0.3) is 0 Å². The van der Waals surface area contributed by atoms with Gasteiger partial charge in [0.15, 0.2) is 0 Å². The van der Waals surface area contributed by atoms with E-state index in [2.05, 4.69) is 15.5 Å². The van der Waals surface area contributed by atoms with E-state index in [1.54, 1.807) is 14.2 Å². The predicted molar refractivity (Wildman–Crippen MR) is 108 cm³/mol. The highest BCUT2D eigenvalue weighted by atomic mass is 35.5. The first-order valence-corrected chi connectivity index (χ1v) is 8.68. The highest BCUT2D eigenvalue weighted by Gasteiger charge is 2.26. The first kappa shape index (κ1) is 22.7. The molecule has 8 heteroatoms. The van der Waals surface area contributed by atoms with Gasteiger partial charge in [-0.05, 0) is 31.7 Å². The maximum Gasteiger partial charge on any atom is 0.237 e. The van der Waals surface area contributed by atoms with Gasteiger partial charge in [0.1, 0.15) is 11.5 Å². The van der Waals surface area contributed by atoms with Crippen molar-refractivity contribution < 1.29 is 14.3 Å². The van der Waals surface area contributed by atoms with Crippen molar-refractivity contribution in [2.75, 3.05) is 45.3 Å². The predicted octanol–water partition coefficient (Wildman–Crippen LogP) is 2.24. The van der Waals surface area contributed by atoms with Gasteiger partial charge in [-0.15, -0.1) is 24.8 Å². The molecular formula is C18H29Cl2N3O3. The van der Waals surface area contributed by atoms with Crippen LogP contribution in [0, 0.1) is 5.92 Å². The summed E-state index contributed by atoms with van der Waals surface area (Å²) in [6.45, 7) is 3.62. The van der Waals surface area contributed by atoms with Gasteiger partial charge in [-0.3, -0.25) is 4.79 Å². The number of hydrogen-bond donors (Lipinski definition) is 2. The van der Waals surface area contributed by atoms with Crippen molar-refractivity contribution in [1.82, 2.24) is 10.6 Å². The standard InChI is InChI=1S/C18H27N3O3.2ClH/c1-23-15-8-14(9-16(10-15)24-2)21-7-5-13(12-21)11-20-18(22)17-4-3-6-19-17;;/h8-10,13,17,19H,3-7,11-12H2,1-2H3,(H,20,22);2*1H. The van der Waals surface area contributed by atoms with Crippen molar-refractivity contribution in [2.45, 2.75) is 25.3 Å². The minimum atomic E-state index is 0. The number of ether oxygens (including phenoxy) is 2. The van der Waals surface area contributed by atoms with Crippen LogP contribution < -0.4 is 25.0 Å². The zero-order valence-electron chi connectivity index (χ0n) is 15.3. The molecule has 148 valence electrons. The number of nitrogens with one attached hydrogen (secondary N) is 2. The van der Waals surface area contributed by atoms with Gasteiger partial charge in [-0.1, -0.05) is 0 Å². The van der Waals surface area contributed by atoms with Crippen LogP contribution in [0.15, 0.2) is 18.2 Å². The summed E-state index contributed by atoms with van der Waals surface area (Å²) >= 11 is 0. The second-order valence-electron chi connectivity index (χ2n) is 6.57. The molecule has 2 aliphatic heterocycles. The SMILES string of the molecule is COc1cc(OC)cc(N2CCC(CNC(=O)C3CCCN3)C2)c1.Cl.Cl. The van der Waals surface area contributed by atoms with Crippen molar-refractivity contribution in [1.29, 1.82) is 0 Å². The molecule has 1 aromatic carbocycles. The quantitative estimate of drug-likeness (QED) is 0.759. The third-order valence-corrected chi connectivity index (χ3v) is 4.93. The second-order valence-corrected chi connectivity index (χ2v) is 6.57. The Hall–Kier alpha value is -1.37. The summed E-state index contributed by atoms with van der Waals surface area (Å²) < 4.78 is 10.7. The first-order valence-electron chi connectivity index (χ1n) is 8.68. The van der Waals surface area contributed by atoms with Gasteiger partial charge in [-0.25, -0.2) is 0 Å². The van der Waals surface area contributed by atoms with Gasteiger partial charge < -0.3 is 25.0 Å². The lowest BCUT2D eigenvalue weighted by atomic mass is 10.1. The van der Waals surface area contributed by atoms with Crippen LogP contribution in [-0.2, 0) is 4.79 Å². The van der Waals surface area contributed by atoms with E-state index in [1.165, 1.54) is 0 Å². The number of benzene rings is 1. The van der Waals surface area contributed by atoms with Gasteiger partial charge in [0, 0.05) is 43.5 Å². The molecule has 0 aliphatic carbocycles. The summed E-state index contributed by atoms with van der Waals surface area (Å²) in [5.41, 5.74) is 1.11. The lowest BCUT2D eigenvalue weighted by Gasteiger charge is -2.21. The number of methoxy groups -OCH3 is 2. The zero-order valence-corrected chi connectivity index (χ0v) is 17.0. The van der Waals surface area contributed by atoms with Crippen LogP contribution in [-0.4, -0.2) is 52.3 Å². The lowest BCUT2D eigenvalue weighted by Crippen LogP contribution is -2.42. The van der Waals surface area contributed by atoms with E-state index in [1.807, 2.05) is 18.2 Å². The molecule has 26 heavy (non-hydrogen) atoms. The minimum absolute atomic E-state index is 0. The molecule has 3 rings (SSSR count). The van der Waals surface area contributed by atoms with Crippen LogP contribution in [0.2, 0.25) is 0 Å². The fourth-order valence-corrected chi connectivity index (χ4v) is 3.49. The number of carbonyl (C=O) groups is 1. The first-order chi connectivity index (χ1) is 11.7. The van der Waals surface area contributed by atoms with Gasteiger partial charge in [0.2, 0.25) is 5.91 Å². The Labute approximate surface area is 167 Å². The third kappa shape index (κ3) is 5.56. The molecule has 2 heterocycles. The van der Waals surface area contributed by atoms with E-state index in [-0.39, 0.29) is 36.8 Å². The Morgan fingerprint density at radius 3 is 2.46 bits per heavy atom. The average molecular weight is 406 g/mol. The van der Waals surface area contributed by atoms with E-state index >= 15 is 0 Å². The van der Waals surface area contributed by atoms with Crippen LogP contribution in [0.1, 0.15) is 19.3 Å². The molecule has 2 unspecified atom stereocenters. The fourth-order valence-electron chi connectivity index (χ4n) is 3.49. The Bertz CT molecular complexity index is 561. The van der Waals surface area contributed by atoms with E-state index in [9.17, 15) is 4.79 Å². The largest absolute Gasteiger partial charge is 0.497 e. The van der Waals surface area contributed by atoms with Crippen LogP contribution in [0.5, 0.6) is 11.5 Å². The summed E-state index contributed by atoms with van der Waals surface area (Å²) in [6, 6.07) is 5.95. The molecule has 0 bridgehead atoms. The molecule has 0 saturated carbocycles. The highest BCUT2D eigenvalue weighted by molar-refractivity contribution is 5.85. The van der Waals surface area contributed by atoms with Gasteiger partial charge >= 0.3 is 0 Å². The zero-order chi connectivity index (χ0) is 16.9. The van der Waals surface area contributed by atoms with E-state index < -0.39 is 0 Å². The third-order valence-electron chi connectivity index (χ3n) is 4.93. The van der Waals surface area contributed by atoms with Gasteiger partial charge in [0.05, 0.1) is 20.3 Å². The number of amides is 1. The van der Waals surface area contributed by atoms with Crippen molar-refractivity contribution in [3.8, 4) is 11.5 Å². The van der Waals surface area contributed by atoms with Gasteiger partial charge in [-0.2, -0.15) is 0 Å². The molecule has 1 amide bonds. The number of halogens is 2. The summed E-state index contributed by atoms with van der Waals surface area (Å²) in [5, 5.41) is 6.35. The summed E-state index contributed by atoms with van der Waals surface area (Å²) in [5.74, 6) is 2.23. The number of hydrogen-bond acceptors (Lipinski definition) is 5. The summed E-state index contributed by atoms with van der Waals surface area (Å²) in [6.07, 6.45) is 3.12. The Kier molecular flexibility index (Phi) is 9.33. The fraction of sp³-hybridized carbons (Fsp3) is 0.611. The second kappa shape index (κ2) is 10.7. The molecule has 2 N–H and O–H groups in total. The molecule has 1 aromatic rings. The number of carbonyl (C=O) groups excluding carboxylic acids is 1. The molecule has 0 aromatic heterocycles. The lowest BCUT2D eigenvalue weighted by molar-refractivity contribution is -0.122. The number of nitrogens with zero attached hydrogens (tertiary/aromatic N) is 1. The molecule has 0 spiro atoms. The van der Waals surface area contributed by atoms with Crippen LogP contribution in [0.3, 0.4) is 0 Å². The Balaban J connectivity index is 0.00000169. The van der Waals surface area contributed by atoms with E-state index in [0.29, 0.717) is 5.92 Å². The maximum absolute atomic E-state index is 12.1. The smallest absolute Gasteiger partial charge is 0.237 e. The molecule has 0 radical (unpaired) electrons. The van der Waals surface area contributed by atoms with Crippen molar-refractivity contribution in [3.63, 3.8) is 0 Å². The minimum Gasteiger partial charge on any atom is -0.497 e. The Morgan fingerprint density at radius 1 is 1.19 bits per heavy atom. The number of anilines is 1. The van der Waals surface area contributed by atoms with Crippen molar-refractivity contribution in [3.05, 3.63) is 18.2 Å². The summed E-state index contributed by atoms with van der Waals surface area (Å²) in [4.78, 5) is 14.4. The van der Waals surface area contributed by atoms with Crippen LogP contribution in [0.4, 0.5) is 5.69 Å². The van der Waals surface area contributed by atoms with E-state index in [4.69, 9.17) is 9.47 Å². The van der Waals surface area contributed by atoms with E-state index in [0.717, 1.165) is 62.6 Å². The number of rotatable bonds is 6. The van der Waals surface area contributed by atoms with Crippen LogP contribution in [0.25, 0.3) is 0 Å².